The minimum absolute atomic E-state index is 0.216. The van der Waals surface area contributed by atoms with Gasteiger partial charge >= 0.3 is 0 Å². The molecule has 0 aromatic carbocycles. The van der Waals surface area contributed by atoms with E-state index < -0.39 is 8.07 Å². The summed E-state index contributed by atoms with van der Waals surface area (Å²) in [6.07, 6.45) is 5.97. The van der Waals surface area contributed by atoms with Gasteiger partial charge in [-0.05, 0) is 42.9 Å². The molecule has 0 saturated heterocycles. The van der Waals surface area contributed by atoms with E-state index in [1.54, 1.807) is 0 Å². The predicted molar refractivity (Wildman–Crippen MR) is 112 cm³/mol. The molecule has 1 heterocycles. The molecule has 0 aliphatic heterocycles. The van der Waals surface area contributed by atoms with Crippen LogP contribution in [0.2, 0.25) is 19.6 Å². The Balaban J connectivity index is 2.70. The van der Waals surface area contributed by atoms with Crippen LogP contribution in [0.25, 0.3) is 0 Å². The van der Waals surface area contributed by atoms with Crippen LogP contribution in [0.3, 0.4) is 0 Å². The van der Waals surface area contributed by atoms with Crippen molar-refractivity contribution in [1.29, 1.82) is 0 Å². The summed E-state index contributed by atoms with van der Waals surface area (Å²) in [7, 11) is -1.31. The van der Waals surface area contributed by atoms with Gasteiger partial charge in [-0.2, -0.15) is 0 Å². The maximum atomic E-state index is 9.58. The van der Waals surface area contributed by atoms with Gasteiger partial charge in [-0.25, -0.2) is 0 Å². The first-order chi connectivity index (χ1) is 12.1. The zero-order chi connectivity index (χ0) is 19.7. The maximum Gasteiger partial charge on any atom is 0.129 e. The highest BCUT2D eigenvalue weighted by Gasteiger charge is 2.16. The lowest BCUT2D eigenvalue weighted by Gasteiger charge is -2.16. The Morgan fingerprint density at radius 1 is 1.08 bits per heavy atom. The molecule has 1 aromatic heterocycles. The Morgan fingerprint density at radius 2 is 1.69 bits per heavy atom. The Labute approximate surface area is 161 Å². The molecule has 1 N–H and O–H groups in total. The number of hydrogen-bond acceptors (Lipinski definition) is 3. The molecule has 0 radical (unpaired) electrons. The second kappa shape index (κ2) is 10.9. The van der Waals surface area contributed by atoms with Crippen LogP contribution in [0.5, 0.6) is 0 Å². The van der Waals surface area contributed by atoms with E-state index in [1.165, 1.54) is 0 Å². The van der Waals surface area contributed by atoms with Crippen molar-refractivity contribution >= 4 is 8.07 Å². The summed E-state index contributed by atoms with van der Waals surface area (Å²) in [5.74, 6) is 5.46. The third-order valence-corrected chi connectivity index (χ3v) is 5.18. The highest BCUT2D eigenvalue weighted by molar-refractivity contribution is 6.83. The largest absolute Gasteiger partial charge is 0.396 e. The first-order valence-electron chi connectivity index (χ1n) is 10.1. The van der Waals surface area contributed by atoms with E-state index in [2.05, 4.69) is 75.3 Å². The summed E-state index contributed by atoms with van der Waals surface area (Å²) >= 11 is 0. The average molecular weight is 378 g/mol. The van der Waals surface area contributed by atoms with Crippen molar-refractivity contribution in [2.24, 2.45) is 23.7 Å². The average Bonchev–Trinajstić information content (AvgIpc) is 2.91. The second-order valence-electron chi connectivity index (χ2n) is 9.57. The van der Waals surface area contributed by atoms with E-state index in [0.717, 1.165) is 37.9 Å². The van der Waals surface area contributed by atoms with Crippen LogP contribution in [0.15, 0.2) is 6.20 Å². The van der Waals surface area contributed by atoms with Gasteiger partial charge in [-0.15, -0.1) is 16.6 Å². The zero-order valence-corrected chi connectivity index (χ0v) is 18.9. The van der Waals surface area contributed by atoms with E-state index in [0.29, 0.717) is 17.8 Å². The van der Waals surface area contributed by atoms with Crippen molar-refractivity contribution in [2.75, 3.05) is 6.61 Å². The molecular formula is C21H39N3OSi. The highest BCUT2D eigenvalue weighted by atomic mass is 28.3. The summed E-state index contributed by atoms with van der Waals surface area (Å²) in [5.41, 5.74) is 4.47. The molecular weight excluding hydrogens is 338 g/mol. The Hall–Kier alpha value is -1.12. The van der Waals surface area contributed by atoms with Gasteiger partial charge in [0.15, 0.2) is 0 Å². The van der Waals surface area contributed by atoms with Crippen LogP contribution >= 0.6 is 0 Å². The minimum Gasteiger partial charge on any atom is -0.396 e. The summed E-state index contributed by atoms with van der Waals surface area (Å²) < 4.78 is 1.97. The van der Waals surface area contributed by atoms with E-state index >= 15 is 0 Å². The molecule has 1 rings (SSSR count). The lowest BCUT2D eigenvalue weighted by molar-refractivity contribution is 0.204. The van der Waals surface area contributed by atoms with Gasteiger partial charge in [0.1, 0.15) is 8.07 Å². The van der Waals surface area contributed by atoms with Crippen molar-refractivity contribution in [3.8, 4) is 11.5 Å². The SMILES string of the molecule is CC(C)C[C@H](CO)Cc1cn(C[C@H](CC#C[Si](C)(C)C)CC(C)C)nn1. The number of nitrogens with zero attached hydrogens (tertiary/aromatic N) is 3. The molecule has 0 aliphatic rings. The van der Waals surface area contributed by atoms with Crippen molar-refractivity contribution in [3.05, 3.63) is 11.9 Å². The number of aromatic nitrogens is 3. The van der Waals surface area contributed by atoms with Crippen LogP contribution < -0.4 is 0 Å². The van der Waals surface area contributed by atoms with Crippen molar-refractivity contribution < 1.29 is 5.11 Å². The fraction of sp³-hybridized carbons (Fsp3) is 0.810. The van der Waals surface area contributed by atoms with Crippen molar-refractivity contribution in [3.63, 3.8) is 0 Å². The molecule has 4 nitrogen and oxygen atoms in total. The standard InChI is InChI=1S/C21H39N3OSi/c1-17(2)11-19(9-8-10-26(5,6)7)14-24-15-21(22-23-24)13-20(16-25)12-18(3)4/h15,17-20,25H,9,11-14,16H2,1-7H3/t19-,20+/m1/s1. The van der Waals surface area contributed by atoms with E-state index in [-0.39, 0.29) is 12.5 Å². The van der Waals surface area contributed by atoms with Crippen LogP contribution in [0.4, 0.5) is 0 Å². The fourth-order valence-corrected chi connectivity index (χ4v) is 3.95. The molecule has 0 spiro atoms. The molecule has 5 heteroatoms. The Bertz CT molecular complexity index is 578. The number of rotatable bonds is 10. The normalized spacial score (nSPS) is 14.4. The molecule has 0 fully saturated rings. The molecule has 0 bridgehead atoms. The van der Waals surface area contributed by atoms with Crippen LogP contribution in [-0.4, -0.2) is 34.8 Å². The monoisotopic (exact) mass is 377 g/mol. The quantitative estimate of drug-likeness (QED) is 0.485. The number of aliphatic hydroxyl groups is 1. The molecule has 0 amide bonds. The van der Waals surface area contributed by atoms with Crippen LogP contribution in [0.1, 0.15) is 52.7 Å². The van der Waals surface area contributed by atoms with Crippen LogP contribution in [-0.2, 0) is 13.0 Å². The molecule has 148 valence electrons. The molecule has 0 unspecified atom stereocenters. The van der Waals surface area contributed by atoms with Gasteiger partial charge in [0.2, 0.25) is 0 Å². The number of hydrogen-bond donors (Lipinski definition) is 1. The molecule has 1 aromatic rings. The smallest absolute Gasteiger partial charge is 0.129 e. The second-order valence-corrected chi connectivity index (χ2v) is 14.3. The lowest BCUT2D eigenvalue weighted by atomic mass is 9.93. The predicted octanol–water partition coefficient (Wildman–Crippen LogP) is 4.41. The van der Waals surface area contributed by atoms with Gasteiger partial charge in [0, 0.05) is 25.8 Å². The highest BCUT2D eigenvalue weighted by Crippen LogP contribution is 2.19. The van der Waals surface area contributed by atoms with E-state index in [9.17, 15) is 5.11 Å². The van der Waals surface area contributed by atoms with Crippen molar-refractivity contribution in [1.82, 2.24) is 15.0 Å². The summed E-state index contributed by atoms with van der Waals surface area (Å²) in [5, 5.41) is 18.3. The van der Waals surface area contributed by atoms with E-state index in [1.807, 2.05) is 4.68 Å². The van der Waals surface area contributed by atoms with Crippen LogP contribution in [0, 0.1) is 35.1 Å². The third kappa shape index (κ3) is 10.1. The molecule has 26 heavy (non-hydrogen) atoms. The summed E-state index contributed by atoms with van der Waals surface area (Å²) in [6, 6.07) is 0. The fourth-order valence-electron chi connectivity index (χ4n) is 3.32. The van der Waals surface area contributed by atoms with Gasteiger partial charge in [0.05, 0.1) is 5.69 Å². The number of aliphatic hydroxyl groups excluding tert-OH is 1. The Kier molecular flexibility index (Phi) is 9.60. The third-order valence-electron chi connectivity index (χ3n) is 4.25. The molecule has 2 atom stereocenters. The molecule has 0 aliphatic carbocycles. The van der Waals surface area contributed by atoms with Gasteiger partial charge < -0.3 is 5.11 Å². The Morgan fingerprint density at radius 3 is 2.23 bits per heavy atom. The first kappa shape index (κ1) is 22.9. The zero-order valence-electron chi connectivity index (χ0n) is 17.9. The first-order valence-corrected chi connectivity index (χ1v) is 13.6. The summed E-state index contributed by atoms with van der Waals surface area (Å²) in [4.78, 5) is 0. The van der Waals surface area contributed by atoms with E-state index in [4.69, 9.17) is 0 Å². The lowest BCUT2D eigenvalue weighted by Crippen LogP contribution is -2.17. The van der Waals surface area contributed by atoms with Gasteiger partial charge in [0.25, 0.3) is 0 Å². The van der Waals surface area contributed by atoms with Crippen molar-refractivity contribution in [2.45, 2.75) is 79.6 Å². The maximum absolute atomic E-state index is 9.58. The van der Waals surface area contributed by atoms with Gasteiger partial charge in [-0.1, -0.05) is 52.5 Å². The topological polar surface area (TPSA) is 50.9 Å². The van der Waals surface area contributed by atoms with Gasteiger partial charge in [-0.3, -0.25) is 4.68 Å². The summed E-state index contributed by atoms with van der Waals surface area (Å²) in [6.45, 7) is 16.9. The molecule has 0 saturated carbocycles. The minimum atomic E-state index is -1.31.